The standard InChI is InChI=1S/C20H34O3Si/c1-16(13-19(2,3)4)18(20(5,15-21)23-24(6)7)22-14-17-11-9-8-10-12-17/h8-12,15-16,18,24H,13-14H2,1-7H3. The second kappa shape index (κ2) is 8.93. The number of rotatable bonds is 9. The van der Waals surface area contributed by atoms with E-state index in [1.807, 2.05) is 37.3 Å². The van der Waals surface area contributed by atoms with E-state index in [1.54, 1.807) is 0 Å². The second-order valence-corrected chi connectivity index (χ2v) is 10.8. The molecule has 0 spiro atoms. The van der Waals surface area contributed by atoms with Crippen LogP contribution in [0, 0.1) is 11.3 Å². The molecule has 1 aromatic carbocycles. The Bertz CT molecular complexity index is 495. The molecule has 136 valence electrons. The SMILES string of the molecule is CC(CC(C)(C)C)C(OCc1ccccc1)C(C)(C=O)O[SiH](C)C. The van der Waals surface area contributed by atoms with Gasteiger partial charge in [0.15, 0.2) is 15.3 Å². The van der Waals surface area contributed by atoms with E-state index in [0.29, 0.717) is 6.61 Å². The number of carbonyl (C=O) groups excluding carboxylic acids is 1. The molecule has 0 aliphatic rings. The van der Waals surface area contributed by atoms with E-state index in [-0.39, 0.29) is 17.4 Å². The number of aldehydes is 1. The molecule has 0 aliphatic heterocycles. The lowest BCUT2D eigenvalue weighted by atomic mass is 9.79. The van der Waals surface area contributed by atoms with Crippen LogP contribution in [0.3, 0.4) is 0 Å². The summed E-state index contributed by atoms with van der Waals surface area (Å²) in [5.74, 6) is 0.219. The third-order valence-corrected chi connectivity index (χ3v) is 4.99. The summed E-state index contributed by atoms with van der Waals surface area (Å²) < 4.78 is 12.4. The zero-order valence-corrected chi connectivity index (χ0v) is 17.5. The second-order valence-electron chi connectivity index (χ2n) is 8.43. The summed E-state index contributed by atoms with van der Waals surface area (Å²) in [7, 11) is -1.37. The van der Waals surface area contributed by atoms with Crippen molar-refractivity contribution in [2.24, 2.45) is 11.3 Å². The first kappa shape index (κ1) is 21.1. The summed E-state index contributed by atoms with van der Waals surface area (Å²) in [5, 5.41) is 0. The summed E-state index contributed by atoms with van der Waals surface area (Å²) in [4.78, 5) is 11.9. The maximum atomic E-state index is 11.9. The van der Waals surface area contributed by atoms with Crippen molar-refractivity contribution in [3.05, 3.63) is 35.9 Å². The molecule has 0 aromatic heterocycles. The number of ether oxygens (including phenoxy) is 1. The van der Waals surface area contributed by atoms with Crippen LogP contribution in [0.25, 0.3) is 0 Å². The van der Waals surface area contributed by atoms with Gasteiger partial charge < -0.3 is 14.0 Å². The van der Waals surface area contributed by atoms with Crippen LogP contribution < -0.4 is 0 Å². The Kier molecular flexibility index (Phi) is 7.84. The highest BCUT2D eigenvalue weighted by Crippen LogP contribution is 2.33. The van der Waals surface area contributed by atoms with Crippen molar-refractivity contribution in [3.8, 4) is 0 Å². The fraction of sp³-hybridized carbons (Fsp3) is 0.650. The van der Waals surface area contributed by atoms with Gasteiger partial charge in [-0.15, -0.1) is 0 Å². The highest BCUT2D eigenvalue weighted by Gasteiger charge is 2.41. The summed E-state index contributed by atoms with van der Waals surface area (Å²) in [6, 6.07) is 10.1. The first-order valence-electron chi connectivity index (χ1n) is 8.87. The van der Waals surface area contributed by atoms with Gasteiger partial charge in [0.05, 0.1) is 12.7 Å². The summed E-state index contributed by atoms with van der Waals surface area (Å²) in [6.07, 6.45) is 1.65. The van der Waals surface area contributed by atoms with Gasteiger partial charge in [-0.25, -0.2) is 0 Å². The molecule has 3 nitrogen and oxygen atoms in total. The monoisotopic (exact) mass is 350 g/mol. The normalized spacial score (nSPS) is 17.3. The van der Waals surface area contributed by atoms with Gasteiger partial charge in [0.2, 0.25) is 0 Å². The van der Waals surface area contributed by atoms with Crippen molar-refractivity contribution in [2.45, 2.75) is 72.4 Å². The maximum absolute atomic E-state index is 11.9. The van der Waals surface area contributed by atoms with Gasteiger partial charge in [0.25, 0.3) is 0 Å². The Balaban J connectivity index is 2.98. The molecule has 0 aliphatic carbocycles. The van der Waals surface area contributed by atoms with Crippen molar-refractivity contribution in [2.75, 3.05) is 0 Å². The molecule has 24 heavy (non-hydrogen) atoms. The van der Waals surface area contributed by atoms with Gasteiger partial charge in [-0.3, -0.25) is 0 Å². The summed E-state index contributed by atoms with van der Waals surface area (Å²) in [6.45, 7) is 15.4. The predicted octanol–water partition coefficient (Wildman–Crippen LogP) is 4.60. The first-order chi connectivity index (χ1) is 11.1. The van der Waals surface area contributed by atoms with E-state index < -0.39 is 14.6 Å². The number of carbonyl (C=O) groups is 1. The van der Waals surface area contributed by atoms with Crippen LogP contribution in [0.2, 0.25) is 13.1 Å². The topological polar surface area (TPSA) is 35.5 Å². The third-order valence-electron chi connectivity index (χ3n) is 4.01. The van der Waals surface area contributed by atoms with Gasteiger partial charge in [-0.05, 0) is 43.3 Å². The summed E-state index contributed by atoms with van der Waals surface area (Å²) in [5.41, 5.74) is 0.396. The zero-order valence-electron chi connectivity index (χ0n) is 16.3. The van der Waals surface area contributed by atoms with Gasteiger partial charge in [-0.2, -0.15) is 0 Å². The van der Waals surface area contributed by atoms with E-state index in [1.165, 1.54) is 0 Å². The summed E-state index contributed by atoms with van der Waals surface area (Å²) >= 11 is 0. The minimum atomic E-state index is -1.37. The van der Waals surface area contributed by atoms with Crippen molar-refractivity contribution >= 4 is 15.3 Å². The highest BCUT2D eigenvalue weighted by molar-refractivity contribution is 6.48. The fourth-order valence-corrected chi connectivity index (χ4v) is 4.60. The zero-order chi connectivity index (χ0) is 18.4. The molecule has 0 amide bonds. The lowest BCUT2D eigenvalue weighted by Crippen LogP contribution is -2.51. The Morgan fingerprint density at radius 2 is 1.71 bits per heavy atom. The van der Waals surface area contributed by atoms with Crippen LogP contribution >= 0.6 is 0 Å². The average Bonchev–Trinajstić information content (AvgIpc) is 2.45. The molecule has 4 heteroatoms. The lowest BCUT2D eigenvalue weighted by molar-refractivity contribution is -0.146. The molecule has 0 heterocycles. The number of benzene rings is 1. The molecule has 3 atom stereocenters. The van der Waals surface area contributed by atoms with Crippen LogP contribution in [0.15, 0.2) is 30.3 Å². The molecule has 0 radical (unpaired) electrons. The Hall–Kier alpha value is -0.973. The number of hydrogen-bond donors (Lipinski definition) is 0. The van der Waals surface area contributed by atoms with Crippen molar-refractivity contribution in [1.29, 1.82) is 0 Å². The molecular formula is C20H34O3Si. The molecule has 3 unspecified atom stereocenters. The Labute approximate surface area is 149 Å². The molecular weight excluding hydrogens is 316 g/mol. The molecule has 0 saturated carbocycles. The third kappa shape index (κ3) is 6.87. The van der Waals surface area contributed by atoms with E-state index >= 15 is 0 Å². The average molecular weight is 351 g/mol. The van der Waals surface area contributed by atoms with Crippen LogP contribution in [-0.4, -0.2) is 27.0 Å². The van der Waals surface area contributed by atoms with Crippen LogP contribution in [0.5, 0.6) is 0 Å². The van der Waals surface area contributed by atoms with Crippen molar-refractivity contribution in [1.82, 2.24) is 0 Å². The van der Waals surface area contributed by atoms with Crippen molar-refractivity contribution < 1.29 is 14.0 Å². The lowest BCUT2D eigenvalue weighted by Gasteiger charge is -2.40. The van der Waals surface area contributed by atoms with Crippen molar-refractivity contribution in [3.63, 3.8) is 0 Å². The van der Waals surface area contributed by atoms with Crippen LogP contribution in [0.4, 0.5) is 0 Å². The van der Waals surface area contributed by atoms with E-state index in [9.17, 15) is 4.79 Å². The van der Waals surface area contributed by atoms with Gasteiger partial charge in [0.1, 0.15) is 5.60 Å². The highest BCUT2D eigenvalue weighted by atomic mass is 28.3. The maximum Gasteiger partial charge on any atom is 0.172 e. The van der Waals surface area contributed by atoms with Gasteiger partial charge >= 0.3 is 0 Å². The van der Waals surface area contributed by atoms with E-state index in [4.69, 9.17) is 9.16 Å². The molecule has 0 bridgehead atoms. The minimum absolute atomic E-state index is 0.173. The van der Waals surface area contributed by atoms with Gasteiger partial charge in [-0.1, -0.05) is 58.0 Å². The van der Waals surface area contributed by atoms with Crippen LogP contribution in [0.1, 0.15) is 46.6 Å². The smallest absolute Gasteiger partial charge is 0.172 e. The Morgan fingerprint density at radius 1 is 1.12 bits per heavy atom. The first-order valence-corrected chi connectivity index (χ1v) is 11.6. The number of hydrogen-bond acceptors (Lipinski definition) is 3. The predicted molar refractivity (Wildman–Crippen MR) is 103 cm³/mol. The molecule has 1 rings (SSSR count). The fourth-order valence-electron chi connectivity index (χ4n) is 3.40. The molecule has 1 aromatic rings. The molecule has 0 fully saturated rings. The molecule has 0 N–H and O–H groups in total. The Morgan fingerprint density at radius 3 is 2.17 bits per heavy atom. The van der Waals surface area contributed by atoms with Gasteiger partial charge in [0, 0.05) is 0 Å². The quantitative estimate of drug-likeness (QED) is 0.482. The largest absolute Gasteiger partial charge is 0.406 e. The van der Waals surface area contributed by atoms with E-state index in [2.05, 4.69) is 40.8 Å². The van der Waals surface area contributed by atoms with E-state index in [0.717, 1.165) is 18.3 Å². The molecule has 0 saturated heterocycles. The van der Waals surface area contributed by atoms with Crippen LogP contribution in [-0.2, 0) is 20.6 Å². The minimum Gasteiger partial charge on any atom is -0.406 e.